The summed E-state index contributed by atoms with van der Waals surface area (Å²) in [6.45, 7) is 5.97. The predicted molar refractivity (Wildman–Crippen MR) is 124 cm³/mol. The predicted octanol–water partition coefficient (Wildman–Crippen LogP) is 4.21. The largest absolute Gasteiger partial charge is 0.490 e. The number of rotatable bonds is 6. The standard InChI is InChI=1S/C25H21FN6O2/c1-3-12-34-19-10-6-16(7-11-19)20-13-22(33)29-24-23(20)15(2)31-32(24)25-28-21(14-27-30-25)17-4-8-18(26)9-5-17/h3-11,14,20H,1,12-13H2,2H3,(H,29,33)/t20-/m0/s1. The first-order valence-corrected chi connectivity index (χ1v) is 10.7. The van der Waals surface area contributed by atoms with Crippen molar-refractivity contribution in [2.45, 2.75) is 19.3 Å². The molecule has 0 aliphatic carbocycles. The third kappa shape index (κ3) is 4.03. The summed E-state index contributed by atoms with van der Waals surface area (Å²) in [5.41, 5.74) is 3.83. The number of aromatic nitrogens is 5. The Kier molecular flexibility index (Phi) is 5.59. The Bertz CT molecular complexity index is 1370. The van der Waals surface area contributed by atoms with Crippen LogP contribution in [-0.2, 0) is 4.79 Å². The number of amides is 1. The molecule has 5 rings (SSSR count). The number of fused-ring (bicyclic) bond motifs is 1. The van der Waals surface area contributed by atoms with Crippen LogP contribution in [-0.4, -0.2) is 37.5 Å². The zero-order valence-electron chi connectivity index (χ0n) is 18.4. The number of ether oxygens (including phenoxy) is 1. The van der Waals surface area contributed by atoms with Crippen molar-refractivity contribution < 1.29 is 13.9 Å². The molecule has 0 unspecified atom stereocenters. The van der Waals surface area contributed by atoms with E-state index in [9.17, 15) is 9.18 Å². The molecule has 0 fully saturated rings. The Labute approximate surface area is 195 Å². The highest BCUT2D eigenvalue weighted by atomic mass is 19.1. The van der Waals surface area contributed by atoms with Crippen LogP contribution in [0.15, 0.2) is 67.4 Å². The second kappa shape index (κ2) is 8.86. The van der Waals surface area contributed by atoms with Gasteiger partial charge in [-0.25, -0.2) is 9.37 Å². The Hall–Kier alpha value is -4.40. The van der Waals surface area contributed by atoms with E-state index in [0.29, 0.717) is 30.1 Å². The molecule has 2 aromatic heterocycles. The Morgan fingerprint density at radius 1 is 1.21 bits per heavy atom. The molecule has 0 saturated carbocycles. The van der Waals surface area contributed by atoms with E-state index in [1.165, 1.54) is 23.0 Å². The van der Waals surface area contributed by atoms with Gasteiger partial charge in [0, 0.05) is 23.5 Å². The molecule has 1 N–H and O–H groups in total. The topological polar surface area (TPSA) is 94.8 Å². The maximum absolute atomic E-state index is 13.3. The molecular weight excluding hydrogens is 435 g/mol. The second-order valence-electron chi connectivity index (χ2n) is 7.88. The van der Waals surface area contributed by atoms with Crippen LogP contribution in [0.25, 0.3) is 17.2 Å². The summed E-state index contributed by atoms with van der Waals surface area (Å²) in [6, 6.07) is 13.6. The summed E-state index contributed by atoms with van der Waals surface area (Å²) in [7, 11) is 0. The minimum atomic E-state index is -0.336. The van der Waals surface area contributed by atoms with Gasteiger partial charge in [0.25, 0.3) is 5.95 Å². The molecule has 1 aliphatic heterocycles. The smallest absolute Gasteiger partial charge is 0.272 e. The third-order valence-electron chi connectivity index (χ3n) is 5.63. The lowest BCUT2D eigenvalue weighted by Gasteiger charge is -2.24. The van der Waals surface area contributed by atoms with Crippen molar-refractivity contribution in [3.63, 3.8) is 0 Å². The molecular formula is C25H21FN6O2. The van der Waals surface area contributed by atoms with Crippen LogP contribution in [0.2, 0.25) is 0 Å². The van der Waals surface area contributed by atoms with Crippen molar-refractivity contribution in [1.82, 2.24) is 25.0 Å². The minimum Gasteiger partial charge on any atom is -0.490 e. The third-order valence-corrected chi connectivity index (χ3v) is 5.63. The Balaban J connectivity index is 1.53. The van der Waals surface area contributed by atoms with E-state index in [1.807, 2.05) is 31.2 Å². The van der Waals surface area contributed by atoms with Crippen LogP contribution >= 0.6 is 0 Å². The molecule has 1 amide bonds. The summed E-state index contributed by atoms with van der Waals surface area (Å²) in [6.07, 6.45) is 3.48. The molecule has 0 radical (unpaired) electrons. The van der Waals surface area contributed by atoms with Crippen molar-refractivity contribution in [3.8, 4) is 23.0 Å². The number of nitrogens with one attached hydrogen (secondary N) is 1. The Morgan fingerprint density at radius 3 is 2.71 bits per heavy atom. The number of nitrogens with zero attached hydrogens (tertiary/aromatic N) is 5. The highest BCUT2D eigenvalue weighted by Crippen LogP contribution is 2.40. The maximum atomic E-state index is 13.3. The van der Waals surface area contributed by atoms with Crippen molar-refractivity contribution in [1.29, 1.82) is 0 Å². The highest BCUT2D eigenvalue weighted by Gasteiger charge is 2.33. The van der Waals surface area contributed by atoms with Crippen molar-refractivity contribution in [3.05, 3.63) is 90.0 Å². The summed E-state index contributed by atoms with van der Waals surface area (Å²) in [5, 5.41) is 15.7. The molecule has 2 aromatic carbocycles. The highest BCUT2D eigenvalue weighted by molar-refractivity contribution is 5.95. The van der Waals surface area contributed by atoms with Gasteiger partial charge in [0.1, 0.15) is 24.0 Å². The van der Waals surface area contributed by atoms with E-state index < -0.39 is 0 Å². The van der Waals surface area contributed by atoms with Gasteiger partial charge in [0.05, 0.1) is 17.6 Å². The minimum absolute atomic E-state index is 0.131. The summed E-state index contributed by atoms with van der Waals surface area (Å²) in [5.74, 6) is 0.807. The fourth-order valence-corrected chi connectivity index (χ4v) is 4.07. The van der Waals surface area contributed by atoms with Gasteiger partial charge in [0.2, 0.25) is 5.91 Å². The fourth-order valence-electron chi connectivity index (χ4n) is 4.07. The van der Waals surface area contributed by atoms with Crippen LogP contribution in [0.4, 0.5) is 10.2 Å². The zero-order chi connectivity index (χ0) is 23.7. The lowest BCUT2D eigenvalue weighted by atomic mass is 9.86. The van der Waals surface area contributed by atoms with E-state index in [-0.39, 0.29) is 23.6 Å². The van der Waals surface area contributed by atoms with Gasteiger partial charge < -0.3 is 10.1 Å². The second-order valence-corrected chi connectivity index (χ2v) is 7.88. The van der Waals surface area contributed by atoms with Crippen molar-refractivity contribution in [2.24, 2.45) is 0 Å². The SMILES string of the molecule is C=CCOc1ccc([C@@H]2CC(=O)Nc3c2c(C)nn3-c2nncc(-c3ccc(F)cc3)n2)cc1. The van der Waals surface area contributed by atoms with Gasteiger partial charge in [-0.1, -0.05) is 24.8 Å². The quantitative estimate of drug-likeness (QED) is 0.437. The first kappa shape index (κ1) is 21.4. The number of hydrogen-bond acceptors (Lipinski definition) is 6. The lowest BCUT2D eigenvalue weighted by Crippen LogP contribution is -2.25. The number of hydrogen-bond donors (Lipinski definition) is 1. The van der Waals surface area contributed by atoms with Gasteiger partial charge in [-0.15, -0.1) is 5.10 Å². The van der Waals surface area contributed by atoms with Gasteiger partial charge in [-0.05, 0) is 48.9 Å². The fraction of sp³-hybridized carbons (Fsp3) is 0.160. The summed E-state index contributed by atoms with van der Waals surface area (Å²) >= 11 is 0. The van der Waals surface area contributed by atoms with Gasteiger partial charge in [-0.2, -0.15) is 14.9 Å². The molecule has 0 spiro atoms. The normalized spacial score (nSPS) is 14.9. The van der Waals surface area contributed by atoms with Gasteiger partial charge in [-0.3, -0.25) is 4.79 Å². The molecule has 3 heterocycles. The van der Waals surface area contributed by atoms with Crippen LogP contribution in [0.1, 0.15) is 29.2 Å². The van der Waals surface area contributed by atoms with E-state index >= 15 is 0 Å². The number of benzene rings is 2. The molecule has 170 valence electrons. The van der Waals surface area contributed by atoms with E-state index in [0.717, 1.165) is 22.6 Å². The van der Waals surface area contributed by atoms with E-state index in [4.69, 9.17) is 4.74 Å². The van der Waals surface area contributed by atoms with Crippen LogP contribution in [0.3, 0.4) is 0 Å². The average molecular weight is 456 g/mol. The van der Waals surface area contributed by atoms with Crippen LogP contribution in [0, 0.1) is 12.7 Å². The summed E-state index contributed by atoms with van der Waals surface area (Å²) < 4.78 is 20.4. The number of anilines is 1. The van der Waals surface area contributed by atoms with E-state index in [2.05, 4.69) is 32.2 Å². The molecule has 8 nitrogen and oxygen atoms in total. The molecule has 1 atom stereocenters. The van der Waals surface area contributed by atoms with Crippen LogP contribution < -0.4 is 10.1 Å². The number of halogens is 1. The summed E-state index contributed by atoms with van der Waals surface area (Å²) in [4.78, 5) is 17.2. The maximum Gasteiger partial charge on any atom is 0.272 e. The van der Waals surface area contributed by atoms with Gasteiger partial charge in [0.15, 0.2) is 0 Å². The molecule has 0 saturated heterocycles. The number of carbonyl (C=O) groups is 1. The molecule has 4 aromatic rings. The zero-order valence-corrected chi connectivity index (χ0v) is 18.4. The number of carbonyl (C=O) groups excluding carboxylic acids is 1. The molecule has 0 bridgehead atoms. The molecule has 9 heteroatoms. The van der Waals surface area contributed by atoms with Crippen molar-refractivity contribution >= 4 is 11.7 Å². The monoisotopic (exact) mass is 456 g/mol. The average Bonchev–Trinajstić information content (AvgIpc) is 3.19. The Morgan fingerprint density at radius 2 is 1.97 bits per heavy atom. The molecule has 34 heavy (non-hydrogen) atoms. The van der Waals surface area contributed by atoms with Crippen molar-refractivity contribution in [2.75, 3.05) is 11.9 Å². The first-order chi connectivity index (χ1) is 16.5. The van der Waals surface area contributed by atoms with E-state index in [1.54, 1.807) is 18.2 Å². The first-order valence-electron chi connectivity index (χ1n) is 10.7. The lowest BCUT2D eigenvalue weighted by molar-refractivity contribution is -0.116. The van der Waals surface area contributed by atoms with Gasteiger partial charge >= 0.3 is 0 Å². The number of aryl methyl sites for hydroxylation is 1. The molecule has 1 aliphatic rings. The van der Waals surface area contributed by atoms with Crippen LogP contribution in [0.5, 0.6) is 5.75 Å².